The number of hydrogen-bond acceptors (Lipinski definition) is 9. The van der Waals surface area contributed by atoms with E-state index in [1.807, 2.05) is 49.9 Å². The number of amides is 3. The van der Waals surface area contributed by atoms with Gasteiger partial charge in [-0.05, 0) is 94.3 Å². The Morgan fingerprint density at radius 2 is 1.82 bits per heavy atom. The lowest BCUT2D eigenvalue weighted by molar-refractivity contribution is -0.124. The number of hydrogen-bond donors (Lipinski definition) is 1. The lowest BCUT2D eigenvalue weighted by Gasteiger charge is -2.41. The summed E-state index contributed by atoms with van der Waals surface area (Å²) in [5.74, 6) is -0.201. The zero-order chi connectivity index (χ0) is 36.9. The van der Waals surface area contributed by atoms with Crippen LogP contribution in [0.5, 0.6) is 17.2 Å². The molecule has 1 N–H and O–H groups in total. The first-order valence-corrected chi connectivity index (χ1v) is 21.8. The minimum absolute atomic E-state index is 0.0216. The van der Waals surface area contributed by atoms with E-state index in [9.17, 15) is 19.5 Å². The van der Waals surface area contributed by atoms with Gasteiger partial charge in [-0.25, -0.2) is 4.79 Å². The van der Waals surface area contributed by atoms with Crippen LogP contribution in [0.2, 0.25) is 25.7 Å². The van der Waals surface area contributed by atoms with Crippen LogP contribution in [0.1, 0.15) is 57.9 Å². The molecule has 5 rings (SSSR count). The van der Waals surface area contributed by atoms with Crippen molar-refractivity contribution in [3.05, 3.63) is 42.0 Å². The van der Waals surface area contributed by atoms with Crippen molar-refractivity contribution in [3.8, 4) is 17.2 Å². The van der Waals surface area contributed by atoms with Crippen molar-refractivity contribution in [1.82, 2.24) is 4.90 Å². The average molecular weight is 726 g/mol. The maximum absolute atomic E-state index is 14.9. The molecule has 0 aromatic heterocycles. The molecule has 0 spiro atoms. The standard InChI is InChI=1S/C38H55N3O9Si/c1-38(2,3)50-37(45)39-15-13-31(26-19-29(42)22-30(20-26)49-25-47-17-18-51(5,6)7)32(23-39)36(44)41(27-9-10-27)28-11-12-34-33(21-28)40(14-8-16-46-4)35(43)24-48-34/h11-12,19-22,27,31-32,42H,8-10,13-18,23-25H2,1-7H3/t31-,32+/m1/s1. The molecule has 1 saturated carbocycles. The third kappa shape index (κ3) is 10.4. The molecule has 2 aromatic rings. The molecule has 0 unspecified atom stereocenters. The largest absolute Gasteiger partial charge is 0.508 e. The number of methoxy groups -OCH3 is 1. The molecule has 2 atom stereocenters. The monoisotopic (exact) mass is 725 g/mol. The number of carbonyl (C=O) groups excluding carboxylic acids is 3. The topological polar surface area (TPSA) is 127 Å². The van der Waals surface area contributed by atoms with Crippen molar-refractivity contribution in [2.24, 2.45) is 5.92 Å². The molecule has 1 aliphatic carbocycles. The molecule has 0 bridgehead atoms. The number of rotatable bonds is 14. The molecule has 12 nitrogen and oxygen atoms in total. The van der Waals surface area contributed by atoms with Gasteiger partial charge in [-0.3, -0.25) is 9.59 Å². The normalized spacial score (nSPS) is 19.3. The number of phenols is 1. The summed E-state index contributed by atoms with van der Waals surface area (Å²) in [5.41, 5.74) is 1.34. The van der Waals surface area contributed by atoms with Crippen molar-refractivity contribution >= 4 is 37.4 Å². The Kier molecular flexibility index (Phi) is 12.2. The smallest absolute Gasteiger partial charge is 0.410 e. The number of benzene rings is 2. The fourth-order valence-electron chi connectivity index (χ4n) is 6.53. The van der Waals surface area contributed by atoms with Crippen molar-refractivity contribution in [2.75, 3.05) is 63.2 Å². The van der Waals surface area contributed by atoms with E-state index in [4.69, 9.17) is 23.7 Å². The first kappa shape index (κ1) is 38.4. The van der Waals surface area contributed by atoms with Gasteiger partial charge in [-0.15, -0.1) is 0 Å². The Balaban J connectivity index is 1.44. The second kappa shape index (κ2) is 16.2. The number of ether oxygens (including phenoxy) is 5. The number of piperidine rings is 1. The number of aromatic hydroxyl groups is 1. The zero-order valence-electron chi connectivity index (χ0n) is 31.2. The third-order valence-electron chi connectivity index (χ3n) is 9.27. The minimum Gasteiger partial charge on any atom is -0.508 e. The highest BCUT2D eigenvalue weighted by Crippen LogP contribution is 2.43. The van der Waals surface area contributed by atoms with Crippen LogP contribution in [0, 0.1) is 5.92 Å². The van der Waals surface area contributed by atoms with E-state index in [2.05, 4.69) is 19.6 Å². The summed E-state index contributed by atoms with van der Waals surface area (Å²) >= 11 is 0. The number of phenolic OH excluding ortho intramolecular Hbond substituents is 1. The highest BCUT2D eigenvalue weighted by atomic mass is 28.3. The highest BCUT2D eigenvalue weighted by molar-refractivity contribution is 6.76. The van der Waals surface area contributed by atoms with E-state index in [0.717, 1.165) is 24.4 Å². The van der Waals surface area contributed by atoms with Crippen molar-refractivity contribution in [3.63, 3.8) is 0 Å². The second-order valence-electron chi connectivity index (χ2n) is 15.9. The molecule has 51 heavy (non-hydrogen) atoms. The van der Waals surface area contributed by atoms with Crippen LogP contribution >= 0.6 is 0 Å². The number of nitrogens with zero attached hydrogens (tertiary/aromatic N) is 3. The Morgan fingerprint density at radius 1 is 1.06 bits per heavy atom. The predicted octanol–water partition coefficient (Wildman–Crippen LogP) is 6.38. The van der Waals surface area contributed by atoms with Gasteiger partial charge in [0.2, 0.25) is 5.91 Å². The van der Waals surface area contributed by atoms with Crippen LogP contribution in [-0.2, 0) is 23.8 Å². The molecule has 0 radical (unpaired) electrons. The summed E-state index contributed by atoms with van der Waals surface area (Å²) in [4.78, 5) is 46.4. The second-order valence-corrected chi connectivity index (χ2v) is 21.6. The van der Waals surface area contributed by atoms with Gasteiger partial charge in [0.25, 0.3) is 5.91 Å². The van der Waals surface area contributed by atoms with Crippen LogP contribution < -0.4 is 19.3 Å². The summed E-state index contributed by atoms with van der Waals surface area (Å²) in [5, 5.41) is 10.8. The van der Waals surface area contributed by atoms with Crippen molar-refractivity contribution < 1.29 is 43.2 Å². The number of likely N-dealkylation sites (tertiary alicyclic amines) is 1. The number of fused-ring (bicyclic) bond motifs is 1. The van der Waals surface area contributed by atoms with Gasteiger partial charge >= 0.3 is 6.09 Å². The van der Waals surface area contributed by atoms with Gasteiger partial charge in [0.1, 0.15) is 22.8 Å². The Morgan fingerprint density at radius 3 is 2.51 bits per heavy atom. The summed E-state index contributed by atoms with van der Waals surface area (Å²) < 4.78 is 28.4. The molecule has 2 fully saturated rings. The maximum atomic E-state index is 14.9. The van der Waals surface area contributed by atoms with Gasteiger partial charge in [0.05, 0.1) is 11.6 Å². The summed E-state index contributed by atoms with van der Waals surface area (Å²) in [6.45, 7) is 14.4. The average Bonchev–Trinajstić information content (AvgIpc) is 3.89. The lowest BCUT2D eigenvalue weighted by atomic mass is 9.79. The van der Waals surface area contributed by atoms with Crippen molar-refractivity contribution in [1.29, 1.82) is 0 Å². The summed E-state index contributed by atoms with van der Waals surface area (Å²) in [6, 6.07) is 11.6. The third-order valence-corrected chi connectivity index (χ3v) is 11.0. The summed E-state index contributed by atoms with van der Waals surface area (Å²) in [6.07, 6.45) is 2.34. The fraction of sp³-hybridized carbons (Fsp3) is 0.605. The molecular formula is C38H55N3O9Si. The first-order chi connectivity index (χ1) is 24.1. The summed E-state index contributed by atoms with van der Waals surface area (Å²) in [7, 11) is 0.376. The van der Waals surface area contributed by atoms with E-state index in [-0.39, 0.29) is 49.5 Å². The van der Waals surface area contributed by atoms with Crippen molar-refractivity contribution in [2.45, 2.75) is 89.7 Å². The molecule has 280 valence electrons. The highest BCUT2D eigenvalue weighted by Gasteiger charge is 2.44. The Hall–Kier alpha value is -3.81. The predicted molar refractivity (Wildman–Crippen MR) is 198 cm³/mol. The molecule has 1 saturated heterocycles. The SMILES string of the molecule is COCCCN1C(=O)COc2ccc(N(C(=O)[C@H]3CN(C(=O)OC(C)(C)C)CC[C@@H]3c3cc(O)cc(OCOCC[Si](C)(C)C)c3)C3CC3)cc21. The first-order valence-electron chi connectivity index (χ1n) is 18.0. The molecule has 2 aromatic carbocycles. The van der Waals surface area contributed by atoms with Gasteiger partial charge in [0.15, 0.2) is 13.4 Å². The van der Waals surface area contributed by atoms with E-state index < -0.39 is 25.7 Å². The molecule has 13 heteroatoms. The minimum atomic E-state index is -1.25. The number of carbonyl (C=O) groups is 3. The lowest BCUT2D eigenvalue weighted by Crippen LogP contribution is -2.51. The van der Waals surface area contributed by atoms with E-state index in [1.54, 1.807) is 29.0 Å². The zero-order valence-corrected chi connectivity index (χ0v) is 32.2. The Bertz CT molecular complexity index is 1550. The maximum Gasteiger partial charge on any atom is 0.410 e. The van der Waals surface area contributed by atoms with Gasteiger partial charge in [-0.1, -0.05) is 19.6 Å². The van der Waals surface area contributed by atoms with Crippen LogP contribution in [0.15, 0.2) is 36.4 Å². The quantitative estimate of drug-likeness (QED) is 0.134. The molecular weight excluding hydrogens is 671 g/mol. The van der Waals surface area contributed by atoms with E-state index in [0.29, 0.717) is 62.0 Å². The van der Waals surface area contributed by atoms with E-state index in [1.165, 1.54) is 0 Å². The molecule has 3 aliphatic rings. The number of anilines is 2. The Labute approximate surface area is 302 Å². The molecule has 2 aliphatic heterocycles. The van der Waals surface area contributed by atoms with Crippen LogP contribution in [-0.4, -0.2) is 101 Å². The molecule has 3 amide bonds. The molecule has 2 heterocycles. The fourth-order valence-corrected chi connectivity index (χ4v) is 7.28. The van der Waals surface area contributed by atoms with Gasteiger partial charge in [0, 0.05) is 65.8 Å². The van der Waals surface area contributed by atoms with Crippen LogP contribution in [0.3, 0.4) is 0 Å². The van der Waals surface area contributed by atoms with Crippen LogP contribution in [0.25, 0.3) is 0 Å². The van der Waals surface area contributed by atoms with E-state index >= 15 is 0 Å². The van der Waals surface area contributed by atoms with Gasteiger partial charge in [-0.2, -0.15) is 0 Å². The van der Waals surface area contributed by atoms with Gasteiger partial charge < -0.3 is 43.5 Å². The van der Waals surface area contributed by atoms with Crippen LogP contribution in [0.4, 0.5) is 16.2 Å².